The fourth-order valence-corrected chi connectivity index (χ4v) is 1.47. The van der Waals surface area contributed by atoms with Crippen LogP contribution in [0.2, 0.25) is 0 Å². The average molecular weight is 203 g/mol. The van der Waals surface area contributed by atoms with Crippen molar-refractivity contribution in [2.75, 3.05) is 25.1 Å². The maximum Gasteiger partial charge on any atom is 0.142 e. The molecule has 2 nitrogen and oxygen atoms in total. The zero-order valence-corrected chi connectivity index (χ0v) is 9.15. The summed E-state index contributed by atoms with van der Waals surface area (Å²) in [6.45, 7) is 9.06. The number of anilines is 1. The lowest BCUT2D eigenvalue weighted by atomic mass is 10.2. The number of para-hydroxylation sites is 2. The maximum absolute atomic E-state index is 5.31. The molecule has 0 atom stereocenters. The van der Waals surface area contributed by atoms with Crippen LogP contribution in [0, 0.1) is 0 Å². The minimum Gasteiger partial charge on any atom is -0.495 e. The summed E-state index contributed by atoms with van der Waals surface area (Å²) < 4.78 is 5.31. The highest BCUT2D eigenvalue weighted by molar-refractivity contribution is 5.59. The third-order valence-electron chi connectivity index (χ3n) is 2.12. The summed E-state index contributed by atoms with van der Waals surface area (Å²) in [5.41, 5.74) is 1.07. The Morgan fingerprint density at radius 1 is 1.20 bits per heavy atom. The lowest BCUT2D eigenvalue weighted by molar-refractivity contribution is 0.415. The SMILES string of the molecule is C=CCN(CC=C)c1ccccc1OC. The van der Waals surface area contributed by atoms with Crippen LogP contribution in [0.1, 0.15) is 0 Å². The number of benzene rings is 1. The van der Waals surface area contributed by atoms with Crippen LogP contribution >= 0.6 is 0 Å². The summed E-state index contributed by atoms with van der Waals surface area (Å²) in [4.78, 5) is 2.15. The quantitative estimate of drug-likeness (QED) is 0.659. The van der Waals surface area contributed by atoms with Gasteiger partial charge < -0.3 is 9.64 Å². The van der Waals surface area contributed by atoms with E-state index < -0.39 is 0 Å². The summed E-state index contributed by atoms with van der Waals surface area (Å²) in [7, 11) is 1.68. The molecule has 80 valence electrons. The zero-order chi connectivity index (χ0) is 11.1. The molecule has 0 spiro atoms. The van der Waals surface area contributed by atoms with E-state index in [-0.39, 0.29) is 0 Å². The second-order valence-corrected chi connectivity index (χ2v) is 3.15. The molecule has 0 unspecified atom stereocenters. The Balaban J connectivity index is 2.97. The third kappa shape index (κ3) is 2.88. The normalized spacial score (nSPS) is 9.40. The van der Waals surface area contributed by atoms with Gasteiger partial charge in [0.15, 0.2) is 0 Å². The van der Waals surface area contributed by atoms with Crippen LogP contribution < -0.4 is 9.64 Å². The highest BCUT2D eigenvalue weighted by Gasteiger charge is 2.07. The number of ether oxygens (including phenoxy) is 1. The van der Waals surface area contributed by atoms with Crippen molar-refractivity contribution in [3.8, 4) is 5.75 Å². The smallest absolute Gasteiger partial charge is 0.142 e. The lowest BCUT2D eigenvalue weighted by Crippen LogP contribution is -2.23. The molecule has 1 aromatic rings. The topological polar surface area (TPSA) is 12.5 Å². The summed E-state index contributed by atoms with van der Waals surface area (Å²) in [6.07, 6.45) is 3.74. The Bertz CT molecular complexity index is 323. The van der Waals surface area contributed by atoms with Gasteiger partial charge in [0.05, 0.1) is 12.8 Å². The summed E-state index contributed by atoms with van der Waals surface area (Å²) in [5, 5.41) is 0. The second-order valence-electron chi connectivity index (χ2n) is 3.15. The fourth-order valence-electron chi connectivity index (χ4n) is 1.47. The summed E-state index contributed by atoms with van der Waals surface area (Å²) in [6, 6.07) is 7.94. The van der Waals surface area contributed by atoms with E-state index in [0.717, 1.165) is 24.5 Å². The highest BCUT2D eigenvalue weighted by Crippen LogP contribution is 2.27. The predicted molar refractivity (Wildman–Crippen MR) is 65.6 cm³/mol. The van der Waals surface area contributed by atoms with Crippen LogP contribution in [-0.2, 0) is 0 Å². The van der Waals surface area contributed by atoms with Gasteiger partial charge in [-0.25, -0.2) is 0 Å². The van der Waals surface area contributed by atoms with Gasteiger partial charge in [0.2, 0.25) is 0 Å². The largest absolute Gasteiger partial charge is 0.495 e. The van der Waals surface area contributed by atoms with Crippen molar-refractivity contribution in [2.24, 2.45) is 0 Å². The van der Waals surface area contributed by atoms with Crippen molar-refractivity contribution in [2.45, 2.75) is 0 Å². The van der Waals surface area contributed by atoms with Gasteiger partial charge in [0.25, 0.3) is 0 Å². The first-order valence-electron chi connectivity index (χ1n) is 4.93. The Hall–Kier alpha value is -1.70. The first kappa shape index (κ1) is 11.4. The molecule has 1 aromatic carbocycles. The van der Waals surface area contributed by atoms with Gasteiger partial charge in [0.1, 0.15) is 5.75 Å². The standard InChI is InChI=1S/C13H17NO/c1-4-10-14(11-5-2)12-8-6-7-9-13(12)15-3/h4-9H,1-2,10-11H2,3H3. The number of hydrogen-bond donors (Lipinski definition) is 0. The van der Waals surface area contributed by atoms with Gasteiger partial charge in [0, 0.05) is 13.1 Å². The molecule has 0 heterocycles. The Morgan fingerprint density at radius 3 is 2.33 bits per heavy atom. The number of methoxy groups -OCH3 is 1. The number of rotatable bonds is 6. The molecule has 0 saturated heterocycles. The van der Waals surface area contributed by atoms with Gasteiger partial charge >= 0.3 is 0 Å². The van der Waals surface area contributed by atoms with Crippen LogP contribution in [0.3, 0.4) is 0 Å². The van der Waals surface area contributed by atoms with Crippen molar-refractivity contribution >= 4 is 5.69 Å². The van der Waals surface area contributed by atoms with Gasteiger partial charge in [-0.2, -0.15) is 0 Å². The highest BCUT2D eigenvalue weighted by atomic mass is 16.5. The molecule has 0 bridgehead atoms. The van der Waals surface area contributed by atoms with Crippen molar-refractivity contribution < 1.29 is 4.74 Å². The number of nitrogens with zero attached hydrogens (tertiary/aromatic N) is 1. The molecule has 0 saturated carbocycles. The van der Waals surface area contributed by atoms with E-state index in [0.29, 0.717) is 0 Å². The van der Waals surface area contributed by atoms with Gasteiger partial charge in [-0.3, -0.25) is 0 Å². The maximum atomic E-state index is 5.31. The van der Waals surface area contributed by atoms with Crippen molar-refractivity contribution in [3.63, 3.8) is 0 Å². The molecule has 15 heavy (non-hydrogen) atoms. The first-order chi connectivity index (χ1) is 7.33. The summed E-state index contributed by atoms with van der Waals surface area (Å²) >= 11 is 0. The van der Waals surface area contributed by atoms with Crippen molar-refractivity contribution in [1.82, 2.24) is 0 Å². The Kier molecular flexibility index (Phi) is 4.48. The van der Waals surface area contributed by atoms with Crippen LogP contribution in [0.4, 0.5) is 5.69 Å². The minimum atomic E-state index is 0.784. The Morgan fingerprint density at radius 2 is 1.80 bits per heavy atom. The molecule has 0 N–H and O–H groups in total. The molecular formula is C13H17NO. The zero-order valence-electron chi connectivity index (χ0n) is 9.15. The van der Waals surface area contributed by atoms with Gasteiger partial charge in [-0.15, -0.1) is 13.2 Å². The first-order valence-corrected chi connectivity index (χ1v) is 4.93. The third-order valence-corrected chi connectivity index (χ3v) is 2.12. The van der Waals surface area contributed by atoms with Crippen molar-refractivity contribution in [1.29, 1.82) is 0 Å². The molecule has 0 aliphatic carbocycles. The molecular weight excluding hydrogens is 186 g/mol. The van der Waals surface area contributed by atoms with E-state index in [4.69, 9.17) is 4.74 Å². The number of hydrogen-bond acceptors (Lipinski definition) is 2. The van der Waals surface area contributed by atoms with E-state index in [1.165, 1.54) is 0 Å². The lowest BCUT2D eigenvalue weighted by Gasteiger charge is -2.23. The molecule has 0 fully saturated rings. The van der Waals surface area contributed by atoms with E-state index in [1.807, 2.05) is 36.4 Å². The van der Waals surface area contributed by atoms with Gasteiger partial charge in [-0.1, -0.05) is 24.3 Å². The predicted octanol–water partition coefficient (Wildman–Crippen LogP) is 2.87. The van der Waals surface area contributed by atoms with E-state index in [9.17, 15) is 0 Å². The van der Waals surface area contributed by atoms with Crippen molar-refractivity contribution in [3.05, 3.63) is 49.6 Å². The Labute approximate surface area is 91.5 Å². The minimum absolute atomic E-state index is 0.784. The van der Waals surface area contributed by atoms with E-state index >= 15 is 0 Å². The van der Waals surface area contributed by atoms with Crippen LogP contribution in [0.5, 0.6) is 5.75 Å². The average Bonchev–Trinajstić information content (AvgIpc) is 2.29. The molecule has 0 amide bonds. The van der Waals surface area contributed by atoms with Crippen LogP contribution in [-0.4, -0.2) is 20.2 Å². The summed E-state index contributed by atoms with van der Waals surface area (Å²) in [5.74, 6) is 0.876. The fraction of sp³-hybridized carbons (Fsp3) is 0.231. The second kappa shape index (κ2) is 5.91. The molecule has 0 aliphatic heterocycles. The molecule has 2 heteroatoms. The molecule has 0 radical (unpaired) electrons. The van der Waals surface area contributed by atoms with Crippen LogP contribution in [0.15, 0.2) is 49.6 Å². The molecule has 0 aliphatic rings. The van der Waals surface area contributed by atoms with Gasteiger partial charge in [-0.05, 0) is 12.1 Å². The van der Waals surface area contributed by atoms with E-state index in [1.54, 1.807) is 7.11 Å². The van der Waals surface area contributed by atoms with Crippen LogP contribution in [0.25, 0.3) is 0 Å². The molecule has 0 aromatic heterocycles. The molecule has 1 rings (SSSR count). The monoisotopic (exact) mass is 203 g/mol. The van der Waals surface area contributed by atoms with E-state index in [2.05, 4.69) is 18.1 Å².